The van der Waals surface area contributed by atoms with E-state index in [4.69, 9.17) is 5.73 Å². The molecule has 0 aliphatic rings. The van der Waals surface area contributed by atoms with Gasteiger partial charge in [-0.1, -0.05) is 6.92 Å². The Morgan fingerprint density at radius 1 is 1.58 bits per heavy atom. The molecule has 12 heavy (non-hydrogen) atoms. The van der Waals surface area contributed by atoms with Crippen LogP contribution in [-0.4, -0.2) is 16.0 Å². The Morgan fingerprint density at radius 2 is 2.33 bits per heavy atom. The van der Waals surface area contributed by atoms with Gasteiger partial charge in [-0.05, 0) is 13.3 Å². The molecule has 4 heteroatoms. The summed E-state index contributed by atoms with van der Waals surface area (Å²) in [6.07, 6.45) is 2.52. The molecule has 0 aliphatic heterocycles. The van der Waals surface area contributed by atoms with Gasteiger partial charge in [0.05, 0.1) is 0 Å². The molecule has 66 valence electrons. The van der Waals surface area contributed by atoms with Crippen molar-refractivity contribution < 1.29 is 0 Å². The van der Waals surface area contributed by atoms with Crippen molar-refractivity contribution in [3.63, 3.8) is 0 Å². The number of nitrogen functional groups attached to an aromatic ring is 1. The van der Waals surface area contributed by atoms with Crippen LogP contribution in [0.4, 0.5) is 11.6 Å². The number of hydrogen-bond donors (Lipinski definition) is 2. The van der Waals surface area contributed by atoms with Crippen molar-refractivity contribution in [2.45, 2.75) is 26.3 Å². The standard InChI is InChI=1S/C8H14N4/c1-3-6(2)12-8-4-7(9)10-5-11-8/h4-6H,3H2,1-2H3,(H3,9,10,11,12). The van der Waals surface area contributed by atoms with E-state index in [-0.39, 0.29) is 0 Å². The third-order valence-electron chi connectivity index (χ3n) is 1.69. The van der Waals surface area contributed by atoms with Gasteiger partial charge in [-0.15, -0.1) is 0 Å². The summed E-state index contributed by atoms with van der Waals surface area (Å²) in [5, 5.41) is 3.20. The Bertz CT molecular complexity index is 249. The fraction of sp³-hybridized carbons (Fsp3) is 0.500. The first-order valence-electron chi connectivity index (χ1n) is 4.06. The summed E-state index contributed by atoms with van der Waals surface area (Å²) in [6.45, 7) is 4.21. The van der Waals surface area contributed by atoms with E-state index in [1.807, 2.05) is 0 Å². The van der Waals surface area contributed by atoms with Crippen molar-refractivity contribution in [1.29, 1.82) is 0 Å². The van der Waals surface area contributed by atoms with Gasteiger partial charge in [0.2, 0.25) is 0 Å². The number of nitrogens with two attached hydrogens (primary N) is 1. The number of nitrogens with one attached hydrogen (secondary N) is 1. The molecule has 1 rings (SSSR count). The highest BCUT2D eigenvalue weighted by atomic mass is 15.0. The third-order valence-corrected chi connectivity index (χ3v) is 1.69. The summed E-state index contributed by atoms with van der Waals surface area (Å²) in [5.74, 6) is 1.28. The summed E-state index contributed by atoms with van der Waals surface area (Å²) in [7, 11) is 0. The quantitative estimate of drug-likeness (QED) is 0.709. The molecule has 0 bridgehead atoms. The minimum absolute atomic E-state index is 0.416. The maximum atomic E-state index is 5.48. The molecule has 1 heterocycles. The van der Waals surface area contributed by atoms with Crippen molar-refractivity contribution in [1.82, 2.24) is 9.97 Å². The molecule has 0 aromatic carbocycles. The Labute approximate surface area is 72.2 Å². The van der Waals surface area contributed by atoms with Crippen LogP contribution in [0.25, 0.3) is 0 Å². The molecule has 0 aliphatic carbocycles. The van der Waals surface area contributed by atoms with Crippen LogP contribution in [0.3, 0.4) is 0 Å². The molecule has 0 saturated heterocycles. The zero-order valence-electron chi connectivity index (χ0n) is 7.41. The van der Waals surface area contributed by atoms with E-state index < -0.39 is 0 Å². The van der Waals surface area contributed by atoms with Gasteiger partial charge in [0.15, 0.2) is 0 Å². The number of anilines is 2. The summed E-state index contributed by atoms with van der Waals surface area (Å²) in [4.78, 5) is 7.82. The van der Waals surface area contributed by atoms with Crippen LogP contribution >= 0.6 is 0 Å². The van der Waals surface area contributed by atoms with Crippen molar-refractivity contribution in [2.75, 3.05) is 11.1 Å². The van der Waals surface area contributed by atoms with E-state index in [2.05, 4.69) is 29.1 Å². The van der Waals surface area contributed by atoms with Gasteiger partial charge in [0.25, 0.3) is 0 Å². The minimum Gasteiger partial charge on any atom is -0.384 e. The SMILES string of the molecule is CCC(C)Nc1cc(N)ncn1. The Balaban J connectivity index is 2.63. The molecule has 0 fully saturated rings. The molecule has 1 unspecified atom stereocenters. The number of rotatable bonds is 3. The molecule has 3 N–H and O–H groups in total. The Kier molecular flexibility index (Phi) is 2.85. The summed E-state index contributed by atoms with van der Waals surface area (Å²) in [5.41, 5.74) is 5.48. The van der Waals surface area contributed by atoms with E-state index >= 15 is 0 Å². The molecular weight excluding hydrogens is 152 g/mol. The van der Waals surface area contributed by atoms with Crippen LogP contribution in [0.5, 0.6) is 0 Å². The molecule has 1 aromatic rings. The topological polar surface area (TPSA) is 63.8 Å². The first kappa shape index (κ1) is 8.77. The van der Waals surface area contributed by atoms with E-state index in [0.29, 0.717) is 11.9 Å². The lowest BCUT2D eigenvalue weighted by Gasteiger charge is -2.11. The normalized spacial score (nSPS) is 12.5. The first-order chi connectivity index (χ1) is 5.72. The van der Waals surface area contributed by atoms with E-state index in [0.717, 1.165) is 12.2 Å². The average molecular weight is 166 g/mol. The molecule has 0 amide bonds. The zero-order valence-corrected chi connectivity index (χ0v) is 7.41. The lowest BCUT2D eigenvalue weighted by molar-refractivity contribution is 0.758. The molecule has 0 spiro atoms. The molecule has 0 saturated carbocycles. The molecule has 4 nitrogen and oxygen atoms in total. The van der Waals surface area contributed by atoms with E-state index in [1.165, 1.54) is 6.33 Å². The second-order valence-electron chi connectivity index (χ2n) is 2.78. The van der Waals surface area contributed by atoms with Crippen LogP contribution in [-0.2, 0) is 0 Å². The Hall–Kier alpha value is -1.32. The number of nitrogens with zero attached hydrogens (tertiary/aromatic N) is 2. The lowest BCUT2D eigenvalue weighted by Crippen LogP contribution is -2.14. The van der Waals surface area contributed by atoms with E-state index in [1.54, 1.807) is 6.07 Å². The predicted octanol–water partition coefficient (Wildman–Crippen LogP) is 1.27. The second-order valence-corrected chi connectivity index (χ2v) is 2.78. The predicted molar refractivity (Wildman–Crippen MR) is 49.8 cm³/mol. The highest BCUT2D eigenvalue weighted by Gasteiger charge is 1.99. The lowest BCUT2D eigenvalue weighted by atomic mass is 10.2. The molecular formula is C8H14N4. The van der Waals surface area contributed by atoms with Crippen molar-refractivity contribution in [3.8, 4) is 0 Å². The van der Waals surface area contributed by atoms with Crippen LogP contribution in [0.15, 0.2) is 12.4 Å². The highest BCUT2D eigenvalue weighted by Crippen LogP contribution is 2.07. The third kappa shape index (κ3) is 2.38. The number of hydrogen-bond acceptors (Lipinski definition) is 4. The van der Waals surface area contributed by atoms with Crippen LogP contribution < -0.4 is 11.1 Å². The van der Waals surface area contributed by atoms with Crippen LogP contribution in [0.1, 0.15) is 20.3 Å². The van der Waals surface area contributed by atoms with Gasteiger partial charge in [-0.3, -0.25) is 0 Å². The van der Waals surface area contributed by atoms with Gasteiger partial charge in [-0.2, -0.15) is 0 Å². The average Bonchev–Trinajstić information content (AvgIpc) is 2.04. The maximum Gasteiger partial charge on any atom is 0.131 e. The summed E-state index contributed by atoms with van der Waals surface area (Å²) < 4.78 is 0. The second kappa shape index (κ2) is 3.90. The van der Waals surface area contributed by atoms with E-state index in [9.17, 15) is 0 Å². The number of aromatic nitrogens is 2. The van der Waals surface area contributed by atoms with Crippen LogP contribution in [0.2, 0.25) is 0 Å². The fourth-order valence-corrected chi connectivity index (χ4v) is 0.806. The zero-order chi connectivity index (χ0) is 8.97. The van der Waals surface area contributed by atoms with Gasteiger partial charge in [0, 0.05) is 12.1 Å². The minimum atomic E-state index is 0.416. The largest absolute Gasteiger partial charge is 0.384 e. The smallest absolute Gasteiger partial charge is 0.131 e. The maximum absolute atomic E-state index is 5.48. The van der Waals surface area contributed by atoms with Gasteiger partial charge in [0.1, 0.15) is 18.0 Å². The van der Waals surface area contributed by atoms with Crippen molar-refractivity contribution >= 4 is 11.6 Å². The molecule has 0 radical (unpaired) electrons. The monoisotopic (exact) mass is 166 g/mol. The van der Waals surface area contributed by atoms with Gasteiger partial charge < -0.3 is 11.1 Å². The highest BCUT2D eigenvalue weighted by molar-refractivity contribution is 5.43. The summed E-state index contributed by atoms with van der Waals surface area (Å²) in [6, 6.07) is 2.14. The van der Waals surface area contributed by atoms with Gasteiger partial charge in [-0.25, -0.2) is 9.97 Å². The molecule has 1 atom stereocenters. The molecule has 1 aromatic heterocycles. The fourth-order valence-electron chi connectivity index (χ4n) is 0.806. The van der Waals surface area contributed by atoms with Gasteiger partial charge >= 0.3 is 0 Å². The summed E-state index contributed by atoms with van der Waals surface area (Å²) >= 11 is 0. The van der Waals surface area contributed by atoms with Crippen molar-refractivity contribution in [3.05, 3.63) is 12.4 Å². The van der Waals surface area contributed by atoms with Crippen LogP contribution in [0, 0.1) is 0 Å². The Morgan fingerprint density at radius 3 is 2.92 bits per heavy atom. The van der Waals surface area contributed by atoms with Crippen molar-refractivity contribution in [2.24, 2.45) is 0 Å². The first-order valence-corrected chi connectivity index (χ1v) is 4.06.